The monoisotopic (exact) mass is 455 g/mol. The van der Waals surface area contributed by atoms with Gasteiger partial charge in [-0.15, -0.1) is 0 Å². The molecule has 0 saturated carbocycles. The van der Waals surface area contributed by atoms with E-state index in [1.165, 1.54) is 0 Å². The standard InChI is InChI=1S/C21H23Cl2NO4S/c1-2-10-28-19-7-4-15(5-8-19)21(25)24(18-9-11-29(26,27)14-18)13-16-3-6-17(22)12-20(16)23/h3-8,12,18H,2,9-11,13-14H2,1H3/t18-/m0/s1. The average molecular weight is 456 g/mol. The highest BCUT2D eigenvalue weighted by Crippen LogP contribution is 2.27. The molecule has 0 aliphatic carbocycles. The van der Waals surface area contributed by atoms with Crippen molar-refractivity contribution in [2.45, 2.75) is 32.4 Å². The lowest BCUT2D eigenvalue weighted by Gasteiger charge is -2.29. The van der Waals surface area contributed by atoms with E-state index in [0.29, 0.717) is 34.4 Å². The van der Waals surface area contributed by atoms with Gasteiger partial charge in [-0.05, 0) is 54.8 Å². The van der Waals surface area contributed by atoms with Crippen LogP contribution in [0.4, 0.5) is 0 Å². The number of carbonyl (C=O) groups is 1. The zero-order valence-corrected chi connectivity index (χ0v) is 18.4. The topological polar surface area (TPSA) is 63.7 Å². The van der Waals surface area contributed by atoms with Crippen LogP contribution in [0.25, 0.3) is 0 Å². The SMILES string of the molecule is CCCOc1ccc(C(=O)N(Cc2ccc(Cl)cc2Cl)[C@H]2CCS(=O)(=O)C2)cc1. The van der Waals surface area contributed by atoms with Crippen LogP contribution in [0.5, 0.6) is 5.75 Å². The Morgan fingerprint density at radius 3 is 2.48 bits per heavy atom. The number of halogens is 2. The van der Waals surface area contributed by atoms with Gasteiger partial charge < -0.3 is 9.64 Å². The maximum atomic E-state index is 13.3. The first-order valence-electron chi connectivity index (χ1n) is 9.47. The molecule has 156 valence electrons. The molecule has 1 saturated heterocycles. The number of rotatable bonds is 7. The van der Waals surface area contributed by atoms with E-state index in [1.54, 1.807) is 47.4 Å². The van der Waals surface area contributed by atoms with Crippen molar-refractivity contribution in [3.05, 3.63) is 63.6 Å². The molecular formula is C21H23Cl2NO4S. The molecule has 0 spiro atoms. The third kappa shape index (κ3) is 5.65. The van der Waals surface area contributed by atoms with Gasteiger partial charge in [0.1, 0.15) is 5.75 Å². The average Bonchev–Trinajstić information content (AvgIpc) is 3.05. The van der Waals surface area contributed by atoms with Crippen LogP contribution in [0, 0.1) is 0 Å². The van der Waals surface area contributed by atoms with Crippen molar-refractivity contribution in [2.75, 3.05) is 18.1 Å². The van der Waals surface area contributed by atoms with Crippen LogP contribution in [0.2, 0.25) is 10.0 Å². The zero-order chi connectivity index (χ0) is 21.0. The van der Waals surface area contributed by atoms with Gasteiger partial charge in [-0.25, -0.2) is 8.42 Å². The normalized spacial score (nSPS) is 17.8. The van der Waals surface area contributed by atoms with Crippen molar-refractivity contribution in [1.82, 2.24) is 4.90 Å². The summed E-state index contributed by atoms with van der Waals surface area (Å²) in [7, 11) is -3.15. The third-order valence-corrected chi connectivity index (χ3v) is 7.18. The van der Waals surface area contributed by atoms with E-state index < -0.39 is 15.9 Å². The lowest BCUT2D eigenvalue weighted by Crippen LogP contribution is -2.40. The van der Waals surface area contributed by atoms with Crippen molar-refractivity contribution in [2.24, 2.45) is 0 Å². The predicted molar refractivity (Wildman–Crippen MR) is 116 cm³/mol. The van der Waals surface area contributed by atoms with Gasteiger partial charge in [0.25, 0.3) is 5.91 Å². The van der Waals surface area contributed by atoms with Crippen LogP contribution < -0.4 is 4.74 Å². The molecule has 5 nitrogen and oxygen atoms in total. The second-order valence-electron chi connectivity index (χ2n) is 7.10. The second-order valence-corrected chi connectivity index (χ2v) is 10.2. The first-order valence-corrected chi connectivity index (χ1v) is 12.0. The molecule has 0 bridgehead atoms. The number of nitrogens with zero attached hydrogens (tertiary/aromatic N) is 1. The van der Waals surface area contributed by atoms with E-state index in [4.69, 9.17) is 27.9 Å². The van der Waals surface area contributed by atoms with Crippen molar-refractivity contribution in [3.63, 3.8) is 0 Å². The molecule has 0 N–H and O–H groups in total. The van der Waals surface area contributed by atoms with Crippen molar-refractivity contribution < 1.29 is 17.9 Å². The number of sulfone groups is 1. The summed E-state index contributed by atoms with van der Waals surface area (Å²) in [5.74, 6) is 0.501. The minimum absolute atomic E-state index is 0.0400. The number of carbonyl (C=O) groups excluding carboxylic acids is 1. The molecule has 1 heterocycles. The highest BCUT2D eigenvalue weighted by Gasteiger charge is 2.35. The number of amides is 1. The van der Waals surface area contributed by atoms with Gasteiger partial charge in [-0.3, -0.25) is 4.79 Å². The first-order chi connectivity index (χ1) is 13.8. The highest BCUT2D eigenvalue weighted by molar-refractivity contribution is 7.91. The Hall–Kier alpha value is -1.76. The molecule has 3 rings (SSSR count). The van der Waals surface area contributed by atoms with Crippen LogP contribution in [0.15, 0.2) is 42.5 Å². The smallest absolute Gasteiger partial charge is 0.254 e. The Kier molecular flexibility index (Phi) is 7.09. The molecule has 2 aromatic rings. The fraction of sp³-hybridized carbons (Fsp3) is 0.381. The van der Waals surface area contributed by atoms with Crippen molar-refractivity contribution in [1.29, 1.82) is 0 Å². The number of hydrogen-bond acceptors (Lipinski definition) is 4. The molecular weight excluding hydrogens is 433 g/mol. The van der Waals surface area contributed by atoms with Crippen molar-refractivity contribution in [3.8, 4) is 5.75 Å². The van der Waals surface area contributed by atoms with E-state index in [9.17, 15) is 13.2 Å². The van der Waals surface area contributed by atoms with E-state index in [2.05, 4.69) is 0 Å². The van der Waals surface area contributed by atoms with Gasteiger partial charge >= 0.3 is 0 Å². The van der Waals surface area contributed by atoms with E-state index in [0.717, 1.165) is 12.0 Å². The van der Waals surface area contributed by atoms with E-state index in [1.807, 2.05) is 6.92 Å². The summed E-state index contributed by atoms with van der Waals surface area (Å²) < 4.78 is 29.6. The van der Waals surface area contributed by atoms with Crippen LogP contribution in [-0.4, -0.2) is 43.4 Å². The van der Waals surface area contributed by atoms with Crippen LogP contribution >= 0.6 is 23.2 Å². The van der Waals surface area contributed by atoms with Gasteiger partial charge in [0.15, 0.2) is 9.84 Å². The molecule has 0 unspecified atom stereocenters. The van der Waals surface area contributed by atoms with Gasteiger partial charge in [0.2, 0.25) is 0 Å². The second kappa shape index (κ2) is 9.37. The number of hydrogen-bond donors (Lipinski definition) is 0. The Labute approximate surface area is 181 Å². The maximum Gasteiger partial charge on any atom is 0.254 e. The van der Waals surface area contributed by atoms with E-state index >= 15 is 0 Å². The van der Waals surface area contributed by atoms with E-state index in [-0.39, 0.29) is 24.0 Å². The minimum Gasteiger partial charge on any atom is -0.494 e. The Morgan fingerprint density at radius 2 is 1.90 bits per heavy atom. The minimum atomic E-state index is -3.15. The molecule has 0 aromatic heterocycles. The fourth-order valence-electron chi connectivity index (χ4n) is 3.30. The quantitative estimate of drug-likeness (QED) is 0.611. The summed E-state index contributed by atoms with van der Waals surface area (Å²) in [6.45, 7) is 2.84. The van der Waals surface area contributed by atoms with Gasteiger partial charge in [-0.1, -0.05) is 36.2 Å². The first kappa shape index (κ1) is 21.9. The Morgan fingerprint density at radius 1 is 1.17 bits per heavy atom. The lowest BCUT2D eigenvalue weighted by molar-refractivity contribution is 0.0681. The van der Waals surface area contributed by atoms with Crippen LogP contribution in [0.3, 0.4) is 0 Å². The Balaban J connectivity index is 1.86. The molecule has 1 atom stereocenters. The summed E-state index contributed by atoms with van der Waals surface area (Å²) in [5.41, 5.74) is 1.19. The van der Waals surface area contributed by atoms with Crippen molar-refractivity contribution >= 4 is 38.9 Å². The third-order valence-electron chi connectivity index (χ3n) is 4.84. The Bertz CT molecular complexity index is 977. The molecule has 8 heteroatoms. The summed E-state index contributed by atoms with van der Waals surface area (Å²) in [6.07, 6.45) is 1.31. The summed E-state index contributed by atoms with van der Waals surface area (Å²) in [4.78, 5) is 14.9. The van der Waals surface area contributed by atoms with Gasteiger partial charge in [-0.2, -0.15) is 0 Å². The molecule has 1 amide bonds. The summed E-state index contributed by atoms with van der Waals surface area (Å²) in [6, 6.07) is 11.6. The maximum absolute atomic E-state index is 13.3. The lowest BCUT2D eigenvalue weighted by atomic mass is 10.1. The molecule has 1 aliphatic rings. The van der Waals surface area contributed by atoms with Crippen LogP contribution in [0.1, 0.15) is 35.7 Å². The largest absolute Gasteiger partial charge is 0.494 e. The van der Waals surface area contributed by atoms with Gasteiger partial charge in [0, 0.05) is 28.2 Å². The zero-order valence-electron chi connectivity index (χ0n) is 16.1. The summed E-state index contributed by atoms with van der Waals surface area (Å²) >= 11 is 12.3. The number of ether oxygens (including phenoxy) is 1. The molecule has 29 heavy (non-hydrogen) atoms. The molecule has 2 aromatic carbocycles. The predicted octanol–water partition coefficient (Wildman–Crippen LogP) is 4.61. The fourth-order valence-corrected chi connectivity index (χ4v) is 5.50. The summed E-state index contributed by atoms with van der Waals surface area (Å²) in [5, 5.41) is 0.946. The molecule has 1 fully saturated rings. The number of benzene rings is 2. The van der Waals surface area contributed by atoms with Gasteiger partial charge in [0.05, 0.1) is 18.1 Å². The molecule has 0 radical (unpaired) electrons. The van der Waals surface area contributed by atoms with Crippen LogP contribution in [-0.2, 0) is 16.4 Å². The molecule has 1 aliphatic heterocycles. The highest BCUT2D eigenvalue weighted by atomic mass is 35.5.